The minimum Gasteiger partial charge on any atom is -0.355 e. The number of hydrogen-bond acceptors (Lipinski definition) is 4. The van der Waals surface area contributed by atoms with E-state index in [0.717, 1.165) is 24.3 Å². The van der Waals surface area contributed by atoms with E-state index in [1.165, 1.54) is 12.8 Å². The van der Waals surface area contributed by atoms with Gasteiger partial charge in [0.05, 0.1) is 0 Å². The van der Waals surface area contributed by atoms with E-state index >= 15 is 0 Å². The number of carbonyl (C=O) groups is 1. The molecule has 0 aromatic carbocycles. The Balaban J connectivity index is 1.65. The molecular formula is C20H27N3O2. The highest BCUT2D eigenvalue weighted by molar-refractivity contribution is 5.93. The van der Waals surface area contributed by atoms with E-state index < -0.39 is 0 Å². The Kier molecular flexibility index (Phi) is 4.93. The maximum Gasteiger partial charge on any atom is 0.276 e. The van der Waals surface area contributed by atoms with Gasteiger partial charge >= 0.3 is 0 Å². The molecule has 25 heavy (non-hydrogen) atoms. The van der Waals surface area contributed by atoms with Crippen molar-refractivity contribution < 1.29 is 9.32 Å². The van der Waals surface area contributed by atoms with E-state index in [9.17, 15) is 4.79 Å². The molecule has 1 saturated carbocycles. The largest absolute Gasteiger partial charge is 0.355 e. The van der Waals surface area contributed by atoms with Gasteiger partial charge in [0, 0.05) is 37.1 Å². The van der Waals surface area contributed by atoms with Crippen LogP contribution in [-0.2, 0) is 0 Å². The summed E-state index contributed by atoms with van der Waals surface area (Å²) in [7, 11) is 1.88. The molecular weight excluding hydrogens is 314 g/mol. The van der Waals surface area contributed by atoms with Gasteiger partial charge in [0.1, 0.15) is 0 Å². The quantitative estimate of drug-likeness (QED) is 0.829. The van der Waals surface area contributed by atoms with E-state index in [0.29, 0.717) is 16.9 Å². The lowest BCUT2D eigenvalue weighted by Gasteiger charge is -2.39. The second kappa shape index (κ2) is 6.98. The van der Waals surface area contributed by atoms with Crippen LogP contribution in [0.1, 0.15) is 56.9 Å². The third-order valence-corrected chi connectivity index (χ3v) is 5.48. The highest BCUT2D eigenvalue weighted by Crippen LogP contribution is 2.39. The molecule has 0 unspecified atom stereocenters. The lowest BCUT2D eigenvalue weighted by atomic mass is 9.71. The molecule has 5 nitrogen and oxygen atoms in total. The van der Waals surface area contributed by atoms with E-state index in [4.69, 9.17) is 4.52 Å². The molecule has 0 N–H and O–H groups in total. The molecule has 1 amide bonds. The first-order valence-corrected chi connectivity index (χ1v) is 9.00. The summed E-state index contributed by atoms with van der Waals surface area (Å²) in [6.45, 7) is 6.93. The first-order chi connectivity index (χ1) is 11.9. The molecule has 2 aromatic rings. The number of nitrogens with zero attached hydrogens (tertiary/aromatic N) is 3. The summed E-state index contributed by atoms with van der Waals surface area (Å²) in [5, 5.41) is 3.98. The van der Waals surface area contributed by atoms with Crippen LogP contribution < -0.4 is 0 Å². The van der Waals surface area contributed by atoms with Crippen molar-refractivity contribution in [3.05, 3.63) is 36.3 Å². The van der Waals surface area contributed by atoms with Gasteiger partial charge < -0.3 is 9.42 Å². The van der Waals surface area contributed by atoms with Crippen molar-refractivity contribution in [1.29, 1.82) is 0 Å². The summed E-state index contributed by atoms with van der Waals surface area (Å²) in [5.41, 5.74) is 1.58. The van der Waals surface area contributed by atoms with Gasteiger partial charge in [0.25, 0.3) is 5.91 Å². The van der Waals surface area contributed by atoms with Crippen LogP contribution in [-0.4, -0.2) is 34.0 Å². The van der Waals surface area contributed by atoms with Crippen LogP contribution in [0.2, 0.25) is 0 Å². The molecule has 0 bridgehead atoms. The van der Waals surface area contributed by atoms with Crippen LogP contribution in [0.4, 0.5) is 0 Å². The topological polar surface area (TPSA) is 59.2 Å². The third kappa shape index (κ3) is 3.91. The van der Waals surface area contributed by atoms with Crippen molar-refractivity contribution in [2.24, 2.45) is 11.3 Å². The van der Waals surface area contributed by atoms with E-state index in [1.54, 1.807) is 18.5 Å². The highest BCUT2D eigenvalue weighted by atomic mass is 16.5. The van der Waals surface area contributed by atoms with Crippen LogP contribution >= 0.6 is 0 Å². The molecule has 5 heteroatoms. The van der Waals surface area contributed by atoms with Crippen LogP contribution in [0.15, 0.2) is 35.1 Å². The zero-order valence-electron chi connectivity index (χ0n) is 15.5. The smallest absolute Gasteiger partial charge is 0.276 e. The number of pyridine rings is 1. The van der Waals surface area contributed by atoms with Crippen LogP contribution in [0.3, 0.4) is 0 Å². The van der Waals surface area contributed by atoms with E-state index in [-0.39, 0.29) is 11.9 Å². The predicted octanol–water partition coefficient (Wildman–Crippen LogP) is 4.41. The monoisotopic (exact) mass is 341 g/mol. The van der Waals surface area contributed by atoms with Gasteiger partial charge in [-0.25, -0.2) is 0 Å². The van der Waals surface area contributed by atoms with Crippen molar-refractivity contribution in [2.75, 3.05) is 7.05 Å². The van der Waals surface area contributed by atoms with Gasteiger partial charge in [-0.3, -0.25) is 9.78 Å². The zero-order valence-corrected chi connectivity index (χ0v) is 15.5. The van der Waals surface area contributed by atoms with Gasteiger partial charge in [0.15, 0.2) is 11.5 Å². The Morgan fingerprint density at radius 1 is 1.16 bits per heavy atom. The fraction of sp³-hybridized carbons (Fsp3) is 0.550. The van der Waals surface area contributed by atoms with Crippen molar-refractivity contribution >= 4 is 5.91 Å². The average molecular weight is 341 g/mol. The normalized spacial score (nSPS) is 21.1. The van der Waals surface area contributed by atoms with Crippen molar-refractivity contribution in [3.8, 4) is 11.3 Å². The summed E-state index contributed by atoms with van der Waals surface area (Å²) in [5.74, 6) is 1.26. The van der Waals surface area contributed by atoms with Crippen molar-refractivity contribution in [3.63, 3.8) is 0 Å². The maximum absolute atomic E-state index is 12.8. The molecule has 1 aliphatic carbocycles. The summed E-state index contributed by atoms with van der Waals surface area (Å²) < 4.78 is 5.35. The zero-order chi connectivity index (χ0) is 18.0. The fourth-order valence-electron chi connectivity index (χ4n) is 3.70. The number of amides is 1. The average Bonchev–Trinajstić information content (AvgIpc) is 3.11. The highest BCUT2D eigenvalue weighted by Gasteiger charge is 2.33. The molecule has 1 fully saturated rings. The minimum atomic E-state index is -0.0664. The number of aromatic nitrogens is 2. The Bertz CT molecular complexity index is 710. The second-order valence-corrected chi connectivity index (χ2v) is 8.10. The molecule has 2 heterocycles. The van der Waals surface area contributed by atoms with Gasteiger partial charge in [-0.2, -0.15) is 0 Å². The predicted molar refractivity (Wildman–Crippen MR) is 97.0 cm³/mol. The molecule has 0 aliphatic heterocycles. The summed E-state index contributed by atoms with van der Waals surface area (Å²) in [6, 6.07) is 5.68. The first-order valence-electron chi connectivity index (χ1n) is 9.00. The molecule has 0 saturated heterocycles. The van der Waals surface area contributed by atoms with E-state index in [1.807, 2.05) is 24.1 Å². The summed E-state index contributed by atoms with van der Waals surface area (Å²) in [4.78, 5) is 18.6. The minimum absolute atomic E-state index is 0.0664. The molecule has 3 rings (SSSR count). The maximum atomic E-state index is 12.8. The summed E-state index contributed by atoms with van der Waals surface area (Å²) >= 11 is 0. The van der Waals surface area contributed by atoms with Gasteiger partial charge in [-0.05, 0) is 49.1 Å². The lowest BCUT2D eigenvalue weighted by Crippen LogP contribution is -2.41. The standard InChI is InChI=1S/C20H27N3O2/c1-20(2,3)15-5-7-16(8-6-15)23(4)19(24)17-13-18(25-22-17)14-9-11-21-12-10-14/h9-13,15-16H,5-8H2,1-4H3. The number of hydrogen-bond donors (Lipinski definition) is 0. The molecule has 0 radical (unpaired) electrons. The SMILES string of the molecule is CN(C(=O)c1cc(-c2ccncc2)on1)C1CCC(C(C)(C)C)CC1. The molecule has 0 spiro atoms. The Hall–Kier alpha value is -2.17. The Morgan fingerprint density at radius 2 is 1.80 bits per heavy atom. The molecule has 0 atom stereocenters. The van der Waals surface area contributed by atoms with Crippen molar-refractivity contribution in [2.45, 2.75) is 52.5 Å². The van der Waals surface area contributed by atoms with Crippen LogP contribution in [0.25, 0.3) is 11.3 Å². The Morgan fingerprint density at radius 3 is 2.40 bits per heavy atom. The third-order valence-electron chi connectivity index (χ3n) is 5.48. The fourth-order valence-corrected chi connectivity index (χ4v) is 3.70. The number of carbonyl (C=O) groups excluding carboxylic acids is 1. The van der Waals surface area contributed by atoms with Gasteiger partial charge in [-0.1, -0.05) is 25.9 Å². The van der Waals surface area contributed by atoms with Crippen LogP contribution in [0, 0.1) is 11.3 Å². The number of rotatable bonds is 3. The van der Waals surface area contributed by atoms with Crippen molar-refractivity contribution in [1.82, 2.24) is 15.0 Å². The summed E-state index contributed by atoms with van der Waals surface area (Å²) in [6.07, 6.45) is 7.84. The van der Waals surface area contributed by atoms with Crippen LogP contribution in [0.5, 0.6) is 0 Å². The van der Waals surface area contributed by atoms with Gasteiger partial charge in [0.2, 0.25) is 0 Å². The van der Waals surface area contributed by atoms with Gasteiger partial charge in [-0.15, -0.1) is 0 Å². The molecule has 134 valence electrons. The second-order valence-electron chi connectivity index (χ2n) is 8.10. The first kappa shape index (κ1) is 17.6. The molecule has 1 aliphatic rings. The molecule has 2 aromatic heterocycles. The Labute approximate surface area is 149 Å². The van der Waals surface area contributed by atoms with E-state index in [2.05, 4.69) is 30.9 Å². The lowest BCUT2D eigenvalue weighted by molar-refractivity contribution is 0.0615.